The lowest BCUT2D eigenvalue weighted by Crippen LogP contribution is -2.14. The van der Waals surface area contributed by atoms with E-state index in [1.807, 2.05) is 16.9 Å². The zero-order valence-corrected chi connectivity index (χ0v) is 12.8. The van der Waals surface area contributed by atoms with Gasteiger partial charge in [-0.1, -0.05) is 56.2 Å². The van der Waals surface area contributed by atoms with E-state index in [4.69, 9.17) is 0 Å². The largest absolute Gasteiger partial charge is 0.339 e. The highest BCUT2D eigenvalue weighted by atomic mass is 15.3. The average Bonchev–Trinajstić information content (AvgIpc) is 3.01. The van der Waals surface area contributed by atoms with Crippen molar-refractivity contribution in [3.63, 3.8) is 0 Å². The maximum atomic E-state index is 4.55. The van der Waals surface area contributed by atoms with Gasteiger partial charge in [-0.15, -0.1) is 0 Å². The summed E-state index contributed by atoms with van der Waals surface area (Å²) < 4.78 is 1.94. The summed E-state index contributed by atoms with van der Waals surface area (Å²) in [5, 5.41) is 8.14. The molecule has 0 saturated heterocycles. The Hall–Kier alpha value is -2.29. The fourth-order valence-electron chi connectivity index (χ4n) is 3.58. The molecule has 2 heterocycles. The lowest BCUT2D eigenvalue weighted by molar-refractivity contribution is 0.444. The number of rotatable bonds is 2. The first kappa shape index (κ1) is 13.4. The van der Waals surface area contributed by atoms with Crippen LogP contribution in [0.3, 0.4) is 0 Å². The third-order valence-corrected chi connectivity index (χ3v) is 4.76. The van der Waals surface area contributed by atoms with Gasteiger partial charge in [0.25, 0.3) is 0 Å². The number of hydrogen-bond acceptors (Lipinski definition) is 2. The summed E-state index contributed by atoms with van der Waals surface area (Å²) in [4.78, 5) is 0. The molecule has 3 heteroatoms. The average molecular weight is 291 g/mol. The third-order valence-electron chi connectivity index (χ3n) is 4.76. The van der Waals surface area contributed by atoms with Crippen LogP contribution in [-0.2, 0) is 0 Å². The lowest BCUT2D eigenvalue weighted by Gasteiger charge is -2.25. The molecule has 0 amide bonds. The van der Waals surface area contributed by atoms with Gasteiger partial charge in [0.2, 0.25) is 0 Å². The summed E-state index contributed by atoms with van der Waals surface area (Å²) in [5.41, 5.74) is 4.57. The summed E-state index contributed by atoms with van der Waals surface area (Å²) >= 11 is 0. The van der Waals surface area contributed by atoms with Gasteiger partial charge >= 0.3 is 0 Å². The van der Waals surface area contributed by atoms with Crippen molar-refractivity contribution in [2.45, 2.75) is 38.0 Å². The van der Waals surface area contributed by atoms with Gasteiger partial charge in [-0.05, 0) is 30.4 Å². The van der Waals surface area contributed by atoms with Crippen LogP contribution in [0.5, 0.6) is 0 Å². The molecule has 1 saturated carbocycles. The van der Waals surface area contributed by atoms with E-state index in [9.17, 15) is 0 Å². The Kier molecular flexibility index (Phi) is 3.34. The molecule has 0 unspecified atom stereocenters. The minimum Gasteiger partial charge on any atom is -0.339 e. The Balaban J connectivity index is 1.70. The Morgan fingerprint density at radius 1 is 1.09 bits per heavy atom. The highest BCUT2D eigenvalue weighted by Crippen LogP contribution is 2.39. The van der Waals surface area contributed by atoms with Gasteiger partial charge in [0.05, 0.1) is 11.9 Å². The smallest absolute Gasteiger partial charge is 0.137 e. The summed E-state index contributed by atoms with van der Waals surface area (Å²) in [6.07, 6.45) is 10.7. The highest BCUT2D eigenvalue weighted by Gasteiger charge is 2.25. The molecule has 1 aromatic heterocycles. The maximum Gasteiger partial charge on any atom is 0.137 e. The first-order chi connectivity index (χ1) is 10.8. The minimum absolute atomic E-state index is 0.632. The number of nitrogens with zero attached hydrogens (tertiary/aromatic N) is 2. The van der Waals surface area contributed by atoms with E-state index in [0.29, 0.717) is 5.92 Å². The Labute approximate surface area is 131 Å². The number of benzene rings is 1. The minimum atomic E-state index is 0.632. The molecule has 1 aliphatic carbocycles. The van der Waals surface area contributed by atoms with Crippen molar-refractivity contribution in [1.82, 2.24) is 9.78 Å². The highest BCUT2D eigenvalue weighted by molar-refractivity contribution is 5.87. The van der Waals surface area contributed by atoms with Crippen LogP contribution in [0.1, 0.15) is 49.1 Å². The molecule has 3 nitrogen and oxygen atoms in total. The van der Waals surface area contributed by atoms with Crippen molar-refractivity contribution < 1.29 is 0 Å². The summed E-state index contributed by atoms with van der Waals surface area (Å²) in [5.74, 6) is 1.74. The summed E-state index contributed by atoms with van der Waals surface area (Å²) in [7, 11) is 0. The molecule has 2 aliphatic rings. The van der Waals surface area contributed by atoms with Crippen LogP contribution >= 0.6 is 0 Å². The van der Waals surface area contributed by atoms with Gasteiger partial charge in [-0.2, -0.15) is 5.10 Å². The van der Waals surface area contributed by atoms with Crippen LogP contribution in [0.4, 0.5) is 5.82 Å². The summed E-state index contributed by atoms with van der Waals surface area (Å²) in [6, 6.07) is 10.4. The van der Waals surface area contributed by atoms with E-state index in [1.165, 1.54) is 43.2 Å². The zero-order valence-electron chi connectivity index (χ0n) is 12.8. The molecule has 0 spiro atoms. The summed E-state index contributed by atoms with van der Waals surface area (Å²) in [6.45, 7) is 4.17. The van der Waals surface area contributed by atoms with Crippen molar-refractivity contribution in [2.24, 2.45) is 0 Å². The second kappa shape index (κ2) is 5.48. The van der Waals surface area contributed by atoms with Crippen LogP contribution in [0.15, 0.2) is 49.2 Å². The predicted octanol–water partition coefficient (Wildman–Crippen LogP) is 4.87. The number of allylic oxidation sites excluding steroid dienone is 2. The van der Waals surface area contributed by atoms with Crippen molar-refractivity contribution in [2.75, 3.05) is 5.32 Å². The fraction of sp³-hybridized carbons (Fsp3) is 0.316. The normalized spacial score (nSPS) is 18.5. The first-order valence-electron chi connectivity index (χ1n) is 8.14. The number of nitrogens with one attached hydrogen (secondary N) is 1. The van der Waals surface area contributed by atoms with Gasteiger partial charge in [-0.3, -0.25) is 0 Å². The van der Waals surface area contributed by atoms with E-state index in [0.717, 1.165) is 17.2 Å². The van der Waals surface area contributed by atoms with Crippen LogP contribution < -0.4 is 5.32 Å². The van der Waals surface area contributed by atoms with Crippen molar-refractivity contribution in [3.05, 3.63) is 60.3 Å². The van der Waals surface area contributed by atoms with Gasteiger partial charge in [0, 0.05) is 11.3 Å². The van der Waals surface area contributed by atoms with Crippen molar-refractivity contribution >= 4 is 17.2 Å². The number of hydrogen-bond donors (Lipinski definition) is 1. The fourth-order valence-corrected chi connectivity index (χ4v) is 3.58. The molecular formula is C19H21N3. The zero-order chi connectivity index (χ0) is 14.9. The van der Waals surface area contributed by atoms with Crippen LogP contribution in [0.2, 0.25) is 0 Å². The molecule has 0 bridgehead atoms. The molecule has 4 rings (SSSR count). The van der Waals surface area contributed by atoms with Crippen LogP contribution in [0.25, 0.3) is 11.4 Å². The Bertz CT molecular complexity index is 718. The van der Waals surface area contributed by atoms with Gasteiger partial charge in [-0.25, -0.2) is 4.68 Å². The standard InChI is InChI=1S/C19H21N3/c1-14-12-18(16-10-6-3-7-11-16)21-19-17(13-20-22(14)19)15-8-4-2-5-9-15/h3,6-7,10-13,15,21H,1-2,4-5,8-9H2. The molecule has 22 heavy (non-hydrogen) atoms. The monoisotopic (exact) mass is 291 g/mol. The van der Waals surface area contributed by atoms with Gasteiger partial charge < -0.3 is 5.32 Å². The lowest BCUT2D eigenvalue weighted by atomic mass is 9.85. The number of fused-ring (bicyclic) bond motifs is 1. The van der Waals surface area contributed by atoms with E-state index in [2.05, 4.69) is 47.3 Å². The number of anilines is 1. The number of aromatic nitrogens is 2. The van der Waals surface area contributed by atoms with E-state index in [1.54, 1.807) is 0 Å². The molecule has 1 fully saturated rings. The molecular weight excluding hydrogens is 270 g/mol. The van der Waals surface area contributed by atoms with Crippen LogP contribution in [-0.4, -0.2) is 9.78 Å². The third kappa shape index (κ3) is 2.27. The molecule has 0 atom stereocenters. The Morgan fingerprint density at radius 3 is 2.64 bits per heavy atom. The van der Waals surface area contributed by atoms with Gasteiger partial charge in [0.15, 0.2) is 0 Å². The molecule has 0 radical (unpaired) electrons. The van der Waals surface area contributed by atoms with E-state index in [-0.39, 0.29) is 0 Å². The maximum absolute atomic E-state index is 4.55. The Morgan fingerprint density at radius 2 is 1.86 bits per heavy atom. The molecule has 2 aromatic rings. The SMILES string of the molecule is C=C1C=C(c2ccccc2)Nc2c(C3CCCCC3)cnn21. The molecule has 1 aliphatic heterocycles. The van der Waals surface area contributed by atoms with Gasteiger partial charge in [0.1, 0.15) is 5.82 Å². The molecule has 1 aromatic carbocycles. The predicted molar refractivity (Wildman–Crippen MR) is 91.4 cm³/mol. The van der Waals surface area contributed by atoms with E-state index < -0.39 is 0 Å². The second-order valence-electron chi connectivity index (χ2n) is 6.24. The second-order valence-corrected chi connectivity index (χ2v) is 6.24. The first-order valence-corrected chi connectivity index (χ1v) is 8.14. The molecule has 112 valence electrons. The van der Waals surface area contributed by atoms with E-state index >= 15 is 0 Å². The van der Waals surface area contributed by atoms with Crippen molar-refractivity contribution in [1.29, 1.82) is 0 Å². The van der Waals surface area contributed by atoms with Crippen LogP contribution in [0, 0.1) is 0 Å². The quantitative estimate of drug-likeness (QED) is 0.855. The molecule has 1 N–H and O–H groups in total. The van der Waals surface area contributed by atoms with Crippen molar-refractivity contribution in [3.8, 4) is 0 Å². The topological polar surface area (TPSA) is 29.9 Å².